The topological polar surface area (TPSA) is 214 Å². The van der Waals surface area contributed by atoms with Crippen LogP contribution in [0.5, 0.6) is 0 Å². The number of unbranched alkanes of at least 4 members (excludes halogenated alkanes) is 15. The van der Waals surface area contributed by atoms with Crippen LogP contribution in [0.15, 0.2) is 97.2 Å². The predicted molar refractivity (Wildman–Crippen MR) is 298 cm³/mol. The molecule has 2 rings (SSSR count). The summed E-state index contributed by atoms with van der Waals surface area (Å²) in [6, 6.07) is 0. The molecule has 2 saturated heterocycles. The Morgan fingerprint density at radius 2 is 0.827 bits per heavy atom. The normalized spacial score (nSPS) is 25.3. The van der Waals surface area contributed by atoms with Crippen LogP contribution >= 0.6 is 0 Å². The van der Waals surface area contributed by atoms with E-state index < -0.39 is 86.7 Å². The Morgan fingerprint density at radius 1 is 0.440 bits per heavy atom. The lowest BCUT2D eigenvalue weighted by Crippen LogP contribution is -2.61. The first-order chi connectivity index (χ1) is 36.6. The van der Waals surface area contributed by atoms with Crippen molar-refractivity contribution >= 4 is 5.97 Å². The van der Waals surface area contributed by atoms with E-state index >= 15 is 0 Å². The van der Waals surface area contributed by atoms with Crippen molar-refractivity contribution in [1.29, 1.82) is 0 Å². The second-order valence-electron chi connectivity index (χ2n) is 19.7. The van der Waals surface area contributed by atoms with E-state index in [1.54, 1.807) is 0 Å². The maximum Gasteiger partial charge on any atom is 0.306 e. The van der Waals surface area contributed by atoms with Crippen molar-refractivity contribution in [3.05, 3.63) is 97.2 Å². The maximum absolute atomic E-state index is 13.1. The van der Waals surface area contributed by atoms with E-state index in [-0.39, 0.29) is 19.6 Å². The summed E-state index contributed by atoms with van der Waals surface area (Å²) >= 11 is 0. The van der Waals surface area contributed by atoms with E-state index in [1.807, 2.05) is 0 Å². The number of aliphatic hydroxyl groups excluding tert-OH is 7. The number of hydrogen-bond acceptors (Lipinski definition) is 14. The quantitative estimate of drug-likeness (QED) is 0.0172. The van der Waals surface area contributed by atoms with Gasteiger partial charge < -0.3 is 64.2 Å². The molecular weight excluding hydrogens is 957 g/mol. The smallest absolute Gasteiger partial charge is 0.306 e. The molecule has 0 radical (unpaired) electrons. The largest absolute Gasteiger partial charge is 0.457 e. The minimum atomic E-state index is -1.72. The molecular formula is C61H102O14. The molecule has 0 bridgehead atoms. The lowest BCUT2D eigenvalue weighted by atomic mass is 9.98. The van der Waals surface area contributed by atoms with Crippen LogP contribution in [0.25, 0.3) is 0 Å². The van der Waals surface area contributed by atoms with Gasteiger partial charge in [0, 0.05) is 13.0 Å². The minimum Gasteiger partial charge on any atom is -0.457 e. The van der Waals surface area contributed by atoms with Crippen molar-refractivity contribution in [1.82, 2.24) is 0 Å². The molecule has 0 aromatic carbocycles. The molecule has 2 fully saturated rings. The standard InChI is InChI=1S/C61H102O14/c1-3-5-7-9-11-13-15-17-19-21-23-25-26-28-30-32-34-36-38-40-42-44-53(63)73-50(47-70-45-43-41-39-37-35-33-31-29-27-24-22-20-18-16-14-12-10-8-6-4-2)48-71-60-59(69)57(67)55(65)52(75-60)49-72-61-58(68)56(66)54(64)51(46-62)74-61/h5-8,11-14,17-20,23-25,27,50-52,54-62,64-69H,3-4,9-10,15-16,21-22,26,28-49H2,1-2H3/b7-5-,8-6-,13-11-,14-12-,19-17-,20-18-,25-23-,27-24-. The summed E-state index contributed by atoms with van der Waals surface area (Å²) in [4.78, 5) is 13.1. The van der Waals surface area contributed by atoms with E-state index in [0.717, 1.165) is 109 Å². The fourth-order valence-electron chi connectivity index (χ4n) is 8.50. The van der Waals surface area contributed by atoms with Crippen LogP contribution in [0.1, 0.15) is 181 Å². The van der Waals surface area contributed by atoms with E-state index in [2.05, 4.69) is 111 Å². The molecule has 2 heterocycles. The van der Waals surface area contributed by atoms with Crippen molar-refractivity contribution < 1.29 is 69.0 Å². The number of allylic oxidation sites excluding steroid dienone is 16. The molecule has 0 aromatic heterocycles. The van der Waals surface area contributed by atoms with Gasteiger partial charge in [-0.05, 0) is 89.9 Å². The Bertz CT molecular complexity index is 1610. The van der Waals surface area contributed by atoms with Gasteiger partial charge in [-0.3, -0.25) is 4.79 Å². The van der Waals surface area contributed by atoms with Crippen LogP contribution in [0.2, 0.25) is 0 Å². The van der Waals surface area contributed by atoms with Gasteiger partial charge in [-0.1, -0.05) is 182 Å². The van der Waals surface area contributed by atoms with Gasteiger partial charge in [0.25, 0.3) is 0 Å². The lowest BCUT2D eigenvalue weighted by molar-refractivity contribution is -0.332. The molecule has 14 heteroatoms. The molecule has 0 amide bonds. The first-order valence-electron chi connectivity index (χ1n) is 28.8. The van der Waals surface area contributed by atoms with E-state index in [4.69, 9.17) is 28.4 Å². The number of hydrogen-bond donors (Lipinski definition) is 7. The Labute approximate surface area is 452 Å². The van der Waals surface area contributed by atoms with Gasteiger partial charge in [0.15, 0.2) is 12.6 Å². The van der Waals surface area contributed by atoms with E-state index in [9.17, 15) is 40.5 Å². The predicted octanol–water partition coefficient (Wildman–Crippen LogP) is 10.2. The van der Waals surface area contributed by atoms with Gasteiger partial charge in [0.2, 0.25) is 0 Å². The van der Waals surface area contributed by atoms with Gasteiger partial charge in [0.05, 0.1) is 26.4 Å². The van der Waals surface area contributed by atoms with Gasteiger partial charge in [0.1, 0.15) is 54.9 Å². The number of aliphatic hydroxyl groups is 7. The Morgan fingerprint density at radius 3 is 1.29 bits per heavy atom. The third-order valence-electron chi connectivity index (χ3n) is 13.1. The lowest BCUT2D eigenvalue weighted by Gasteiger charge is -2.42. The second kappa shape index (κ2) is 47.0. The van der Waals surface area contributed by atoms with Crippen LogP contribution in [0.4, 0.5) is 0 Å². The Hall–Kier alpha value is -3.09. The summed E-state index contributed by atoms with van der Waals surface area (Å²) in [5.41, 5.74) is 0. The Balaban J connectivity index is 1.73. The molecule has 14 nitrogen and oxygen atoms in total. The average molecular weight is 1060 g/mol. The SMILES string of the molecule is CC/C=C\C/C=C\C/C=C\C/C=C\CCCCCCCCCCC(=O)OC(COCCCCCCCCC/C=C\C/C=C\C/C=C\C/C=C\CC)COC1OC(COC2OC(CO)C(O)C(O)C2O)C(O)C(O)C1O. The zero-order valence-corrected chi connectivity index (χ0v) is 46.0. The van der Waals surface area contributed by atoms with Crippen molar-refractivity contribution in [2.75, 3.05) is 33.0 Å². The summed E-state index contributed by atoms with van der Waals surface area (Å²) in [6.07, 6.45) is 46.0. The number of carbonyl (C=O) groups excluding carboxylic acids is 1. The molecule has 2 aliphatic rings. The van der Waals surface area contributed by atoms with E-state index in [0.29, 0.717) is 13.0 Å². The molecule has 7 N–H and O–H groups in total. The van der Waals surface area contributed by atoms with Crippen LogP contribution in [-0.2, 0) is 33.2 Å². The summed E-state index contributed by atoms with van der Waals surface area (Å²) in [5, 5.41) is 72.4. The second-order valence-corrected chi connectivity index (χ2v) is 19.7. The first kappa shape index (κ1) is 68.0. The van der Waals surface area contributed by atoms with Crippen LogP contribution in [0.3, 0.4) is 0 Å². The first-order valence-corrected chi connectivity index (χ1v) is 28.8. The van der Waals surface area contributed by atoms with Crippen molar-refractivity contribution in [3.8, 4) is 0 Å². The van der Waals surface area contributed by atoms with Gasteiger partial charge in [-0.25, -0.2) is 0 Å². The number of ether oxygens (including phenoxy) is 6. The summed E-state index contributed by atoms with van der Waals surface area (Å²) in [7, 11) is 0. The molecule has 0 aromatic rings. The van der Waals surface area contributed by atoms with Gasteiger partial charge >= 0.3 is 5.97 Å². The molecule has 2 aliphatic heterocycles. The molecule has 75 heavy (non-hydrogen) atoms. The van der Waals surface area contributed by atoms with Crippen molar-refractivity contribution in [2.24, 2.45) is 0 Å². The average Bonchev–Trinajstić information content (AvgIpc) is 3.41. The highest BCUT2D eigenvalue weighted by atomic mass is 16.7. The van der Waals surface area contributed by atoms with Crippen LogP contribution in [0, 0.1) is 0 Å². The minimum absolute atomic E-state index is 0.0446. The third-order valence-corrected chi connectivity index (χ3v) is 13.1. The molecule has 11 atom stereocenters. The molecule has 0 aliphatic carbocycles. The van der Waals surface area contributed by atoms with Gasteiger partial charge in [-0.15, -0.1) is 0 Å². The Kier molecular flexibility index (Phi) is 42.6. The van der Waals surface area contributed by atoms with Gasteiger partial charge in [-0.2, -0.15) is 0 Å². The van der Waals surface area contributed by atoms with Crippen molar-refractivity contribution in [2.45, 2.75) is 248 Å². The number of esters is 1. The van der Waals surface area contributed by atoms with Crippen LogP contribution < -0.4 is 0 Å². The zero-order valence-electron chi connectivity index (χ0n) is 46.0. The highest BCUT2D eigenvalue weighted by Gasteiger charge is 2.47. The van der Waals surface area contributed by atoms with Crippen LogP contribution in [-0.4, -0.2) is 142 Å². The zero-order chi connectivity index (χ0) is 54.4. The summed E-state index contributed by atoms with van der Waals surface area (Å²) in [5.74, 6) is -0.392. The number of rotatable bonds is 45. The maximum atomic E-state index is 13.1. The monoisotopic (exact) mass is 1060 g/mol. The summed E-state index contributed by atoms with van der Waals surface area (Å²) in [6.45, 7) is 3.42. The fourth-order valence-corrected chi connectivity index (χ4v) is 8.50. The molecule has 11 unspecified atom stereocenters. The third kappa shape index (κ3) is 33.7. The fraction of sp³-hybridized carbons (Fsp3) is 0.721. The molecule has 430 valence electrons. The molecule has 0 saturated carbocycles. The number of carbonyl (C=O) groups is 1. The molecule has 0 spiro atoms. The highest BCUT2D eigenvalue weighted by molar-refractivity contribution is 5.69. The highest BCUT2D eigenvalue weighted by Crippen LogP contribution is 2.26. The summed E-state index contributed by atoms with van der Waals surface area (Å²) < 4.78 is 34.4. The van der Waals surface area contributed by atoms with Crippen molar-refractivity contribution in [3.63, 3.8) is 0 Å². The van der Waals surface area contributed by atoms with E-state index in [1.165, 1.54) is 44.9 Å².